The van der Waals surface area contributed by atoms with Gasteiger partial charge in [0.2, 0.25) is 0 Å². The highest BCUT2D eigenvalue weighted by molar-refractivity contribution is 5.99. The number of nitrogens with zero attached hydrogens (tertiary/aromatic N) is 1. The second-order valence-corrected chi connectivity index (χ2v) is 4.95. The molecule has 5 heteroatoms. The van der Waals surface area contributed by atoms with E-state index >= 15 is 0 Å². The van der Waals surface area contributed by atoms with Gasteiger partial charge in [0.25, 0.3) is 0 Å². The van der Waals surface area contributed by atoms with Gasteiger partial charge in [-0.3, -0.25) is 4.99 Å². The van der Waals surface area contributed by atoms with Gasteiger partial charge in [0.1, 0.15) is 0 Å². The number of aliphatic imine (C=N–C) groups is 1. The number of anilines is 1. The molecule has 108 valence electrons. The van der Waals surface area contributed by atoms with Gasteiger partial charge in [0, 0.05) is 30.1 Å². The molecule has 20 heavy (non-hydrogen) atoms. The maximum atomic E-state index is 12.4. The second-order valence-electron chi connectivity index (χ2n) is 4.95. The number of allylic oxidation sites excluding steroid dienone is 2. The lowest BCUT2D eigenvalue weighted by Gasteiger charge is -2.10. The van der Waals surface area contributed by atoms with Gasteiger partial charge in [-0.15, -0.1) is 0 Å². The summed E-state index contributed by atoms with van der Waals surface area (Å²) in [5.74, 6) is 0.546. The Morgan fingerprint density at radius 2 is 1.85 bits per heavy atom. The van der Waals surface area contributed by atoms with E-state index in [0.29, 0.717) is 11.6 Å². The molecule has 1 aromatic carbocycles. The summed E-state index contributed by atoms with van der Waals surface area (Å²) in [6.07, 6.45) is -0.0137. The Kier molecular flexibility index (Phi) is 4.16. The minimum Gasteiger partial charge on any atom is -0.359 e. The highest BCUT2D eigenvalue weighted by atomic mass is 19.4. The van der Waals surface area contributed by atoms with E-state index in [1.807, 2.05) is 13.0 Å². The van der Waals surface area contributed by atoms with Crippen LogP contribution in [-0.4, -0.2) is 12.8 Å². The second kappa shape index (κ2) is 5.69. The average Bonchev–Trinajstić information content (AvgIpc) is 3.19. The smallest absolute Gasteiger partial charge is 0.359 e. The molecule has 0 heterocycles. The van der Waals surface area contributed by atoms with Crippen LogP contribution in [0, 0.1) is 5.92 Å². The summed E-state index contributed by atoms with van der Waals surface area (Å²) in [6.45, 7) is 1.88. The third kappa shape index (κ3) is 3.85. The van der Waals surface area contributed by atoms with E-state index in [0.717, 1.165) is 36.4 Å². The standard InChI is InChI=1S/C15H17F3N2/c1-10(9-14(19-2)11-3-4-11)20-13-7-5-12(6-8-13)15(16,17)18/h5-9,11,20H,3-4H2,1-2H3/b10-9-,19-14?. The molecule has 2 rings (SSSR count). The van der Waals surface area contributed by atoms with Gasteiger partial charge in [-0.25, -0.2) is 0 Å². The van der Waals surface area contributed by atoms with Crippen molar-refractivity contribution in [2.45, 2.75) is 25.9 Å². The molecular formula is C15H17F3N2. The van der Waals surface area contributed by atoms with Gasteiger partial charge in [0.05, 0.1) is 5.56 Å². The largest absolute Gasteiger partial charge is 0.416 e. The van der Waals surface area contributed by atoms with Crippen molar-refractivity contribution in [3.63, 3.8) is 0 Å². The van der Waals surface area contributed by atoms with E-state index in [-0.39, 0.29) is 0 Å². The molecule has 0 amide bonds. The van der Waals surface area contributed by atoms with E-state index in [1.165, 1.54) is 12.1 Å². The quantitative estimate of drug-likeness (QED) is 0.808. The van der Waals surface area contributed by atoms with Crippen LogP contribution >= 0.6 is 0 Å². The number of benzene rings is 1. The predicted octanol–water partition coefficient (Wildman–Crippen LogP) is 4.50. The van der Waals surface area contributed by atoms with Gasteiger partial charge in [0.15, 0.2) is 0 Å². The number of hydrogen-bond acceptors (Lipinski definition) is 2. The summed E-state index contributed by atoms with van der Waals surface area (Å²) in [5.41, 5.74) is 1.91. The molecule has 0 spiro atoms. The van der Waals surface area contributed by atoms with Crippen LogP contribution in [0.4, 0.5) is 18.9 Å². The van der Waals surface area contributed by atoms with Crippen LogP contribution in [0.15, 0.2) is 41.0 Å². The Labute approximate surface area is 116 Å². The summed E-state index contributed by atoms with van der Waals surface area (Å²) in [5, 5.41) is 3.08. The monoisotopic (exact) mass is 282 g/mol. The molecule has 0 bridgehead atoms. The summed E-state index contributed by atoms with van der Waals surface area (Å²) in [4.78, 5) is 4.23. The first-order valence-electron chi connectivity index (χ1n) is 6.49. The van der Waals surface area contributed by atoms with Crippen LogP contribution in [0.2, 0.25) is 0 Å². The minimum atomic E-state index is -4.29. The fourth-order valence-electron chi connectivity index (χ4n) is 1.97. The summed E-state index contributed by atoms with van der Waals surface area (Å²) in [7, 11) is 1.76. The Morgan fingerprint density at radius 3 is 2.30 bits per heavy atom. The molecule has 0 aliphatic heterocycles. The van der Waals surface area contributed by atoms with E-state index < -0.39 is 11.7 Å². The first-order chi connectivity index (χ1) is 9.40. The fourth-order valence-corrected chi connectivity index (χ4v) is 1.97. The number of halogens is 3. The molecule has 1 N–H and O–H groups in total. The van der Waals surface area contributed by atoms with Crippen molar-refractivity contribution >= 4 is 11.4 Å². The molecule has 0 aromatic heterocycles. The Bertz CT molecular complexity index is 523. The topological polar surface area (TPSA) is 24.4 Å². The van der Waals surface area contributed by atoms with Gasteiger partial charge in [-0.05, 0) is 50.1 Å². The molecule has 1 saturated carbocycles. The normalized spacial score (nSPS) is 17.2. The van der Waals surface area contributed by atoms with E-state index in [4.69, 9.17) is 0 Å². The van der Waals surface area contributed by atoms with Crippen molar-refractivity contribution in [2.24, 2.45) is 10.9 Å². The van der Waals surface area contributed by atoms with Crippen LogP contribution in [0.1, 0.15) is 25.3 Å². The number of hydrogen-bond donors (Lipinski definition) is 1. The van der Waals surface area contributed by atoms with E-state index in [2.05, 4.69) is 10.3 Å². The highest BCUT2D eigenvalue weighted by Gasteiger charge is 2.30. The lowest BCUT2D eigenvalue weighted by molar-refractivity contribution is -0.137. The zero-order valence-electron chi connectivity index (χ0n) is 11.5. The predicted molar refractivity (Wildman–Crippen MR) is 74.9 cm³/mol. The van der Waals surface area contributed by atoms with Crippen LogP contribution in [0.25, 0.3) is 0 Å². The lowest BCUT2D eigenvalue weighted by Crippen LogP contribution is -2.05. The maximum Gasteiger partial charge on any atom is 0.416 e. The van der Waals surface area contributed by atoms with Gasteiger partial charge in [-0.1, -0.05) is 0 Å². The Hall–Kier alpha value is -1.78. The van der Waals surface area contributed by atoms with Crippen LogP contribution in [0.5, 0.6) is 0 Å². The van der Waals surface area contributed by atoms with Gasteiger partial charge < -0.3 is 5.32 Å². The number of alkyl halides is 3. The first-order valence-corrected chi connectivity index (χ1v) is 6.49. The zero-order chi connectivity index (χ0) is 14.8. The number of rotatable bonds is 4. The third-order valence-corrected chi connectivity index (χ3v) is 3.17. The van der Waals surface area contributed by atoms with Crippen molar-refractivity contribution in [3.8, 4) is 0 Å². The van der Waals surface area contributed by atoms with Gasteiger partial charge in [-0.2, -0.15) is 13.2 Å². The molecular weight excluding hydrogens is 265 g/mol. The van der Waals surface area contributed by atoms with Crippen LogP contribution < -0.4 is 5.32 Å². The molecule has 1 aliphatic rings. The van der Waals surface area contributed by atoms with Crippen molar-refractivity contribution in [2.75, 3.05) is 12.4 Å². The van der Waals surface area contributed by atoms with Crippen molar-refractivity contribution < 1.29 is 13.2 Å². The Morgan fingerprint density at radius 1 is 1.25 bits per heavy atom. The molecule has 0 saturated heterocycles. The molecule has 0 unspecified atom stereocenters. The SMILES string of the molecule is CN=C(/C=C(/C)Nc1ccc(C(F)(F)F)cc1)C1CC1. The van der Waals surface area contributed by atoms with Crippen molar-refractivity contribution in [1.82, 2.24) is 0 Å². The molecule has 1 aliphatic carbocycles. The highest BCUT2D eigenvalue weighted by Crippen LogP contribution is 2.32. The number of nitrogens with one attached hydrogen (secondary N) is 1. The molecule has 0 radical (unpaired) electrons. The zero-order valence-corrected chi connectivity index (χ0v) is 11.5. The van der Waals surface area contributed by atoms with E-state index in [1.54, 1.807) is 7.05 Å². The molecule has 1 fully saturated rings. The fraction of sp³-hybridized carbons (Fsp3) is 0.400. The summed E-state index contributed by atoms with van der Waals surface area (Å²) in [6, 6.07) is 5.01. The summed E-state index contributed by atoms with van der Waals surface area (Å²) >= 11 is 0. The van der Waals surface area contributed by atoms with E-state index in [9.17, 15) is 13.2 Å². The maximum absolute atomic E-state index is 12.4. The average molecular weight is 282 g/mol. The van der Waals surface area contributed by atoms with Gasteiger partial charge >= 0.3 is 6.18 Å². The Balaban J connectivity index is 2.04. The lowest BCUT2D eigenvalue weighted by atomic mass is 10.2. The third-order valence-electron chi connectivity index (χ3n) is 3.17. The molecule has 0 atom stereocenters. The minimum absolute atomic E-state index is 0.546. The van der Waals surface area contributed by atoms with Crippen molar-refractivity contribution in [3.05, 3.63) is 41.6 Å². The first kappa shape index (κ1) is 14.6. The molecule has 2 nitrogen and oxygen atoms in total. The van der Waals surface area contributed by atoms with Crippen LogP contribution in [0.3, 0.4) is 0 Å². The summed E-state index contributed by atoms with van der Waals surface area (Å²) < 4.78 is 37.3. The van der Waals surface area contributed by atoms with Crippen molar-refractivity contribution in [1.29, 1.82) is 0 Å². The van der Waals surface area contributed by atoms with Crippen LogP contribution in [-0.2, 0) is 6.18 Å². The molecule has 1 aromatic rings.